The number of ketones is 1. The lowest BCUT2D eigenvalue weighted by Gasteiger charge is -2.07. The van der Waals surface area contributed by atoms with Gasteiger partial charge in [0.25, 0.3) is 0 Å². The Balaban J connectivity index is 2.51. The first-order chi connectivity index (χ1) is 8.50. The highest BCUT2D eigenvalue weighted by molar-refractivity contribution is 6.35. The summed E-state index contributed by atoms with van der Waals surface area (Å²) in [5.41, 5.74) is 2.46. The zero-order chi connectivity index (χ0) is 13.3. The number of carbonyl (C=O) groups is 1. The molecule has 0 aromatic heterocycles. The van der Waals surface area contributed by atoms with Crippen LogP contribution in [0, 0.1) is 19.7 Å². The quantitative estimate of drug-likeness (QED) is 0.737. The standard InChI is InChI=1S/C15H12ClFO/c1-9-6-7-11(8-10(9)2)15(18)14-12(16)4-3-5-13(14)17/h3-8H,1-2H3. The van der Waals surface area contributed by atoms with Gasteiger partial charge in [-0.25, -0.2) is 4.39 Å². The van der Waals surface area contributed by atoms with Gasteiger partial charge >= 0.3 is 0 Å². The number of benzene rings is 2. The van der Waals surface area contributed by atoms with Crippen molar-refractivity contribution in [3.05, 3.63) is 69.5 Å². The van der Waals surface area contributed by atoms with Crippen LogP contribution >= 0.6 is 11.6 Å². The third kappa shape index (κ3) is 2.29. The van der Waals surface area contributed by atoms with Crippen molar-refractivity contribution >= 4 is 17.4 Å². The lowest BCUT2D eigenvalue weighted by Crippen LogP contribution is -2.05. The molecule has 3 heteroatoms. The van der Waals surface area contributed by atoms with Crippen LogP contribution in [-0.4, -0.2) is 5.78 Å². The van der Waals surface area contributed by atoms with E-state index in [0.29, 0.717) is 5.56 Å². The smallest absolute Gasteiger partial charge is 0.197 e. The third-order valence-electron chi connectivity index (χ3n) is 2.96. The average Bonchev–Trinajstić information content (AvgIpc) is 2.32. The van der Waals surface area contributed by atoms with Crippen LogP contribution < -0.4 is 0 Å². The van der Waals surface area contributed by atoms with Crippen LogP contribution in [0.1, 0.15) is 27.0 Å². The lowest BCUT2D eigenvalue weighted by atomic mass is 9.99. The Labute approximate surface area is 110 Å². The van der Waals surface area contributed by atoms with E-state index in [2.05, 4.69) is 0 Å². The molecule has 0 fully saturated rings. The number of carbonyl (C=O) groups excluding carboxylic acids is 1. The van der Waals surface area contributed by atoms with Crippen molar-refractivity contribution in [2.75, 3.05) is 0 Å². The van der Waals surface area contributed by atoms with Gasteiger partial charge in [-0.3, -0.25) is 4.79 Å². The molecule has 0 aliphatic rings. The maximum Gasteiger partial charge on any atom is 0.197 e. The summed E-state index contributed by atoms with van der Waals surface area (Å²) in [6, 6.07) is 9.51. The predicted molar refractivity (Wildman–Crippen MR) is 70.8 cm³/mol. The molecule has 2 aromatic carbocycles. The fourth-order valence-corrected chi connectivity index (χ4v) is 1.99. The summed E-state index contributed by atoms with van der Waals surface area (Å²) >= 11 is 5.88. The summed E-state index contributed by atoms with van der Waals surface area (Å²) in [7, 11) is 0. The van der Waals surface area contributed by atoms with Crippen LogP contribution in [0.25, 0.3) is 0 Å². The fraction of sp³-hybridized carbons (Fsp3) is 0.133. The van der Waals surface area contributed by atoms with Crippen LogP contribution in [-0.2, 0) is 0 Å². The van der Waals surface area contributed by atoms with E-state index < -0.39 is 5.82 Å². The van der Waals surface area contributed by atoms with Crippen LogP contribution in [0.2, 0.25) is 5.02 Å². The van der Waals surface area contributed by atoms with Gasteiger partial charge < -0.3 is 0 Å². The van der Waals surface area contributed by atoms with Crippen LogP contribution in [0.5, 0.6) is 0 Å². The summed E-state index contributed by atoms with van der Waals surface area (Å²) in [5, 5.41) is 0.137. The molecule has 0 saturated carbocycles. The highest BCUT2D eigenvalue weighted by Gasteiger charge is 2.17. The molecule has 18 heavy (non-hydrogen) atoms. The monoisotopic (exact) mass is 262 g/mol. The van der Waals surface area contributed by atoms with Crippen molar-refractivity contribution in [1.82, 2.24) is 0 Å². The first kappa shape index (κ1) is 12.8. The molecule has 0 heterocycles. The van der Waals surface area contributed by atoms with Gasteiger partial charge in [-0.15, -0.1) is 0 Å². The minimum absolute atomic E-state index is 0.0672. The van der Waals surface area contributed by atoms with E-state index >= 15 is 0 Å². The van der Waals surface area contributed by atoms with Crippen molar-refractivity contribution < 1.29 is 9.18 Å². The summed E-state index contributed by atoms with van der Waals surface area (Å²) in [6.45, 7) is 3.87. The Bertz CT molecular complexity index is 600. The van der Waals surface area contributed by atoms with E-state index in [-0.39, 0.29) is 16.4 Å². The molecule has 1 nitrogen and oxygen atoms in total. The molecular formula is C15H12ClFO. The Morgan fingerprint density at radius 2 is 1.83 bits per heavy atom. The lowest BCUT2D eigenvalue weighted by molar-refractivity contribution is 0.103. The van der Waals surface area contributed by atoms with E-state index in [1.165, 1.54) is 18.2 Å². The van der Waals surface area contributed by atoms with Gasteiger partial charge in [0, 0.05) is 5.56 Å². The molecule has 0 amide bonds. The van der Waals surface area contributed by atoms with Crippen LogP contribution in [0.15, 0.2) is 36.4 Å². The molecule has 92 valence electrons. The van der Waals surface area contributed by atoms with Gasteiger partial charge in [0.05, 0.1) is 10.6 Å². The van der Waals surface area contributed by atoms with E-state index in [1.807, 2.05) is 19.9 Å². The first-order valence-electron chi connectivity index (χ1n) is 5.56. The highest BCUT2D eigenvalue weighted by Crippen LogP contribution is 2.23. The molecular weight excluding hydrogens is 251 g/mol. The number of aryl methyl sites for hydroxylation is 2. The SMILES string of the molecule is Cc1ccc(C(=O)c2c(F)cccc2Cl)cc1C. The molecule has 0 unspecified atom stereocenters. The second-order valence-electron chi connectivity index (χ2n) is 4.22. The summed E-state index contributed by atoms with van der Waals surface area (Å²) in [6.07, 6.45) is 0. The van der Waals surface area contributed by atoms with E-state index in [0.717, 1.165) is 11.1 Å². The average molecular weight is 263 g/mol. The van der Waals surface area contributed by atoms with Crippen molar-refractivity contribution in [3.63, 3.8) is 0 Å². The van der Waals surface area contributed by atoms with Gasteiger partial charge in [0.1, 0.15) is 5.82 Å². The van der Waals surface area contributed by atoms with Crippen molar-refractivity contribution in [3.8, 4) is 0 Å². The number of hydrogen-bond donors (Lipinski definition) is 0. The molecule has 2 rings (SSSR count). The van der Waals surface area contributed by atoms with Gasteiger partial charge in [-0.1, -0.05) is 29.8 Å². The predicted octanol–water partition coefficient (Wildman–Crippen LogP) is 4.33. The Morgan fingerprint density at radius 3 is 2.44 bits per heavy atom. The van der Waals surface area contributed by atoms with Crippen molar-refractivity contribution in [1.29, 1.82) is 0 Å². The maximum absolute atomic E-state index is 13.7. The number of halogens is 2. The fourth-order valence-electron chi connectivity index (χ4n) is 1.74. The molecule has 0 saturated heterocycles. The summed E-state index contributed by atoms with van der Waals surface area (Å²) < 4.78 is 13.7. The van der Waals surface area contributed by atoms with E-state index in [4.69, 9.17) is 11.6 Å². The second-order valence-corrected chi connectivity index (χ2v) is 4.63. The first-order valence-corrected chi connectivity index (χ1v) is 5.94. The molecule has 0 radical (unpaired) electrons. The van der Waals surface area contributed by atoms with Gasteiger partial charge in [-0.05, 0) is 43.2 Å². The topological polar surface area (TPSA) is 17.1 Å². The Morgan fingerprint density at radius 1 is 1.11 bits per heavy atom. The van der Waals surface area contributed by atoms with Crippen LogP contribution in [0.4, 0.5) is 4.39 Å². The molecule has 0 bridgehead atoms. The van der Waals surface area contributed by atoms with Gasteiger partial charge in [-0.2, -0.15) is 0 Å². The summed E-state index contributed by atoms with van der Waals surface area (Å²) in [5.74, 6) is -0.980. The zero-order valence-electron chi connectivity index (χ0n) is 10.1. The summed E-state index contributed by atoms with van der Waals surface area (Å²) in [4.78, 5) is 12.2. The van der Waals surface area contributed by atoms with Crippen molar-refractivity contribution in [2.24, 2.45) is 0 Å². The molecule has 0 spiro atoms. The van der Waals surface area contributed by atoms with E-state index in [1.54, 1.807) is 12.1 Å². The number of hydrogen-bond acceptors (Lipinski definition) is 1. The Hall–Kier alpha value is -1.67. The molecule has 2 aromatic rings. The molecule has 0 atom stereocenters. The third-order valence-corrected chi connectivity index (χ3v) is 3.27. The minimum atomic E-state index is -0.592. The van der Waals surface area contributed by atoms with Gasteiger partial charge in [0.2, 0.25) is 0 Å². The minimum Gasteiger partial charge on any atom is -0.288 e. The molecule has 0 aliphatic carbocycles. The normalized spacial score (nSPS) is 10.4. The van der Waals surface area contributed by atoms with E-state index in [9.17, 15) is 9.18 Å². The maximum atomic E-state index is 13.7. The zero-order valence-corrected chi connectivity index (χ0v) is 10.9. The largest absolute Gasteiger partial charge is 0.288 e. The van der Waals surface area contributed by atoms with Crippen LogP contribution in [0.3, 0.4) is 0 Å². The molecule has 0 N–H and O–H groups in total. The Kier molecular flexibility index (Phi) is 3.48. The second kappa shape index (κ2) is 4.91. The highest BCUT2D eigenvalue weighted by atomic mass is 35.5. The van der Waals surface area contributed by atoms with Gasteiger partial charge in [0.15, 0.2) is 5.78 Å². The number of rotatable bonds is 2. The van der Waals surface area contributed by atoms with Crippen molar-refractivity contribution in [2.45, 2.75) is 13.8 Å². The molecule has 0 aliphatic heterocycles.